The number of carbonyl (C=O) groups is 3. The van der Waals surface area contributed by atoms with E-state index in [1.165, 1.54) is 25.1 Å². The fourth-order valence-electron chi connectivity index (χ4n) is 2.75. The third-order valence-corrected chi connectivity index (χ3v) is 4.35. The minimum Gasteiger partial charge on any atom is -0.504 e. The second-order valence-electron chi connectivity index (χ2n) is 6.82. The summed E-state index contributed by atoms with van der Waals surface area (Å²) in [6.07, 6.45) is -3.16. The molecule has 0 aromatic heterocycles. The number of nitrogens with two attached hydrogens (primary N) is 1. The van der Waals surface area contributed by atoms with Gasteiger partial charge < -0.3 is 41.0 Å². The molecule has 29 heavy (non-hydrogen) atoms. The molecule has 2 rings (SSSR count). The first-order chi connectivity index (χ1) is 13.6. The van der Waals surface area contributed by atoms with Crippen LogP contribution in [0.1, 0.15) is 25.3 Å². The number of benzene rings is 1. The van der Waals surface area contributed by atoms with E-state index in [4.69, 9.17) is 25.4 Å². The molecule has 0 spiro atoms. The van der Waals surface area contributed by atoms with Crippen LogP contribution in [0.2, 0.25) is 0 Å². The molecular weight excluding hydrogens is 388 g/mol. The van der Waals surface area contributed by atoms with Crippen LogP contribution in [0.5, 0.6) is 11.5 Å². The highest BCUT2D eigenvalue weighted by Crippen LogP contribution is 2.31. The number of phenols is 1. The van der Waals surface area contributed by atoms with Crippen molar-refractivity contribution in [3.8, 4) is 11.5 Å². The van der Waals surface area contributed by atoms with Gasteiger partial charge in [0.15, 0.2) is 17.6 Å². The Kier molecular flexibility index (Phi) is 7.37. The zero-order valence-corrected chi connectivity index (χ0v) is 15.6. The molecule has 1 unspecified atom stereocenters. The molecule has 1 aliphatic rings. The van der Waals surface area contributed by atoms with Gasteiger partial charge in [0.2, 0.25) is 12.2 Å². The van der Waals surface area contributed by atoms with Gasteiger partial charge in [-0.25, -0.2) is 4.79 Å². The molecule has 1 saturated heterocycles. The highest BCUT2D eigenvalue weighted by molar-refractivity contribution is 5.86. The molecule has 11 heteroatoms. The summed E-state index contributed by atoms with van der Waals surface area (Å²) in [5, 5.41) is 40.0. The number of rotatable bonds is 8. The number of carbonyl (C=O) groups excluding carboxylic acids is 1. The van der Waals surface area contributed by atoms with Gasteiger partial charge in [-0.3, -0.25) is 9.59 Å². The summed E-state index contributed by atoms with van der Waals surface area (Å²) < 4.78 is 10.7. The predicted molar refractivity (Wildman–Crippen MR) is 97.2 cm³/mol. The molecule has 0 bridgehead atoms. The Hall–Kier alpha value is -2.89. The topological polar surface area (TPSA) is 189 Å². The van der Waals surface area contributed by atoms with E-state index in [9.17, 15) is 24.6 Å². The molecule has 7 N–H and O–H groups in total. The number of hydrogen-bond acceptors (Lipinski definition) is 8. The summed E-state index contributed by atoms with van der Waals surface area (Å²) in [4.78, 5) is 33.8. The quantitative estimate of drug-likeness (QED) is 0.315. The summed E-state index contributed by atoms with van der Waals surface area (Å²) in [5.41, 5.74) is 6.27. The molecule has 11 nitrogen and oxygen atoms in total. The Morgan fingerprint density at radius 3 is 2.59 bits per heavy atom. The first kappa shape index (κ1) is 22.4. The molecule has 1 aromatic carbocycles. The van der Waals surface area contributed by atoms with Crippen LogP contribution in [0.25, 0.3) is 0 Å². The predicted octanol–water partition coefficient (Wildman–Crippen LogP) is -0.819. The van der Waals surface area contributed by atoms with Crippen molar-refractivity contribution in [1.82, 2.24) is 5.32 Å². The van der Waals surface area contributed by atoms with Gasteiger partial charge in [-0.05, 0) is 31.0 Å². The van der Waals surface area contributed by atoms with Gasteiger partial charge in [0.25, 0.3) is 0 Å². The zero-order valence-electron chi connectivity index (χ0n) is 15.6. The Labute approximate surface area is 166 Å². The van der Waals surface area contributed by atoms with Crippen LogP contribution in [0.3, 0.4) is 0 Å². The highest BCUT2D eigenvalue weighted by atomic mass is 16.7. The van der Waals surface area contributed by atoms with Crippen molar-refractivity contribution in [3.63, 3.8) is 0 Å². The lowest BCUT2D eigenvalue weighted by atomic mass is 10.0. The van der Waals surface area contributed by atoms with E-state index >= 15 is 0 Å². The highest BCUT2D eigenvalue weighted by Gasteiger charge is 2.34. The molecule has 0 saturated carbocycles. The second kappa shape index (κ2) is 9.54. The minimum atomic E-state index is -1.22. The first-order valence-corrected chi connectivity index (χ1v) is 8.90. The summed E-state index contributed by atoms with van der Waals surface area (Å²) in [7, 11) is 0. The monoisotopic (exact) mass is 412 g/mol. The Morgan fingerprint density at radius 2 is 2.00 bits per heavy atom. The van der Waals surface area contributed by atoms with Crippen molar-refractivity contribution in [2.45, 2.75) is 56.8 Å². The molecule has 1 aliphatic heterocycles. The number of carboxylic acids is 2. The lowest BCUT2D eigenvalue weighted by Crippen LogP contribution is -2.48. The fraction of sp³-hybridized carbons (Fsp3) is 0.500. The largest absolute Gasteiger partial charge is 0.504 e. The first-order valence-electron chi connectivity index (χ1n) is 8.90. The van der Waals surface area contributed by atoms with E-state index < -0.39 is 48.4 Å². The maximum absolute atomic E-state index is 11.9. The third kappa shape index (κ3) is 6.31. The number of nitrogens with one attached hydrogen (secondary N) is 1. The van der Waals surface area contributed by atoms with Crippen molar-refractivity contribution < 1.29 is 44.3 Å². The van der Waals surface area contributed by atoms with E-state index in [1.807, 2.05) is 0 Å². The molecule has 1 fully saturated rings. The van der Waals surface area contributed by atoms with Crippen LogP contribution in [0.15, 0.2) is 18.2 Å². The number of amides is 1. The lowest BCUT2D eigenvalue weighted by molar-refractivity contribution is -0.195. The minimum absolute atomic E-state index is 0.00881. The van der Waals surface area contributed by atoms with Crippen LogP contribution in [0, 0.1) is 0 Å². The Bertz CT molecular complexity index is 770. The normalized spacial score (nSPS) is 23.6. The summed E-state index contributed by atoms with van der Waals surface area (Å²) in [6, 6.07) is 2.14. The van der Waals surface area contributed by atoms with Gasteiger partial charge >= 0.3 is 11.9 Å². The van der Waals surface area contributed by atoms with E-state index in [0.717, 1.165) is 0 Å². The number of aliphatic hydroxyl groups excluding tert-OH is 1. The van der Waals surface area contributed by atoms with Crippen LogP contribution in [0.4, 0.5) is 0 Å². The van der Waals surface area contributed by atoms with Crippen LogP contribution in [-0.2, 0) is 25.5 Å². The molecule has 0 radical (unpaired) electrons. The molecule has 160 valence electrons. The Balaban J connectivity index is 1.98. The number of aliphatic carboxylic acids is 2. The molecular formula is C18H24N2O9. The lowest BCUT2D eigenvalue weighted by Gasteiger charge is -2.31. The van der Waals surface area contributed by atoms with Gasteiger partial charge in [0.05, 0.1) is 12.1 Å². The molecule has 1 amide bonds. The standard InChI is InChI=1S/C18H24N2O9/c1-8(17(24)25)20-16(23)11(19)4-9-2-3-13(12(22)5-9)28-15-7-10(21)6-14(29-15)18(26)27/h2-3,5,8,10-11,14-15,21-22H,4,6-7,19H2,1H3,(H,20,23)(H,24,25)(H,26,27)/t8-,10-,11-,14-,15?/m0/s1. The van der Waals surface area contributed by atoms with Gasteiger partial charge in [-0.2, -0.15) is 0 Å². The van der Waals surface area contributed by atoms with E-state index in [1.54, 1.807) is 0 Å². The fourth-order valence-corrected chi connectivity index (χ4v) is 2.75. The zero-order chi connectivity index (χ0) is 21.7. The van der Waals surface area contributed by atoms with Crippen LogP contribution < -0.4 is 15.8 Å². The van der Waals surface area contributed by atoms with Crippen molar-refractivity contribution >= 4 is 17.8 Å². The van der Waals surface area contributed by atoms with E-state index in [2.05, 4.69) is 5.32 Å². The smallest absolute Gasteiger partial charge is 0.333 e. The maximum atomic E-state index is 11.9. The average molecular weight is 412 g/mol. The SMILES string of the molecule is C[C@H](NC(=O)[C@@H](N)Cc1ccc(OC2C[C@@H](O)C[C@@H](C(=O)O)O2)c(O)c1)C(=O)O. The van der Waals surface area contributed by atoms with Gasteiger partial charge in [-0.1, -0.05) is 6.07 Å². The van der Waals surface area contributed by atoms with Gasteiger partial charge in [0, 0.05) is 12.8 Å². The van der Waals surface area contributed by atoms with Gasteiger partial charge in [0.1, 0.15) is 6.04 Å². The molecule has 5 atom stereocenters. The Morgan fingerprint density at radius 1 is 1.31 bits per heavy atom. The van der Waals surface area contributed by atoms with Crippen molar-refractivity contribution in [2.24, 2.45) is 5.73 Å². The van der Waals surface area contributed by atoms with Gasteiger partial charge in [-0.15, -0.1) is 0 Å². The second-order valence-corrected chi connectivity index (χ2v) is 6.82. The molecule has 1 aromatic rings. The number of ether oxygens (including phenoxy) is 2. The average Bonchev–Trinajstić information content (AvgIpc) is 2.63. The number of phenolic OH excluding ortho intramolecular Hbond substituents is 1. The van der Waals surface area contributed by atoms with Crippen molar-refractivity contribution in [2.75, 3.05) is 0 Å². The summed E-state index contributed by atoms with van der Waals surface area (Å²) in [6.45, 7) is 1.31. The number of carboxylic acid groups (broad SMARTS) is 2. The molecule has 0 aliphatic carbocycles. The number of aromatic hydroxyl groups is 1. The van der Waals surface area contributed by atoms with E-state index in [0.29, 0.717) is 5.56 Å². The molecule has 1 heterocycles. The third-order valence-electron chi connectivity index (χ3n) is 4.35. The maximum Gasteiger partial charge on any atom is 0.333 e. The van der Waals surface area contributed by atoms with Crippen LogP contribution >= 0.6 is 0 Å². The number of aliphatic hydroxyl groups is 1. The number of hydrogen-bond donors (Lipinski definition) is 6. The van der Waals surface area contributed by atoms with Crippen molar-refractivity contribution in [1.29, 1.82) is 0 Å². The summed E-state index contributed by atoms with van der Waals surface area (Å²) in [5.74, 6) is -3.34. The van der Waals surface area contributed by atoms with E-state index in [-0.39, 0.29) is 30.8 Å². The summed E-state index contributed by atoms with van der Waals surface area (Å²) >= 11 is 0. The van der Waals surface area contributed by atoms with Crippen molar-refractivity contribution in [3.05, 3.63) is 23.8 Å². The van der Waals surface area contributed by atoms with Crippen LogP contribution in [-0.4, -0.2) is 68.9 Å².